The van der Waals surface area contributed by atoms with Crippen LogP contribution in [0.5, 0.6) is 11.5 Å². The predicted octanol–water partition coefficient (Wildman–Crippen LogP) is 3.58. The number of benzene rings is 2. The van der Waals surface area contributed by atoms with Gasteiger partial charge in [-0.25, -0.2) is 0 Å². The van der Waals surface area contributed by atoms with Crippen molar-refractivity contribution in [1.82, 2.24) is 0 Å². The fraction of sp³-hybridized carbons (Fsp3) is 0.235. The molecule has 0 spiro atoms. The molecule has 3 nitrogen and oxygen atoms in total. The Morgan fingerprint density at radius 1 is 1.25 bits per heavy atom. The fourth-order valence-electron chi connectivity index (χ4n) is 2.46. The molecule has 1 heterocycles. The van der Waals surface area contributed by atoms with Crippen LogP contribution in [-0.4, -0.2) is 10.9 Å². The van der Waals surface area contributed by atoms with Gasteiger partial charge < -0.3 is 9.84 Å². The minimum absolute atomic E-state index is 0.276. The highest BCUT2D eigenvalue weighted by molar-refractivity contribution is 6.02. The van der Waals surface area contributed by atoms with E-state index in [-0.39, 0.29) is 5.78 Å². The first-order valence-electron chi connectivity index (χ1n) is 6.75. The van der Waals surface area contributed by atoms with Crippen LogP contribution in [0.1, 0.15) is 40.1 Å². The molecule has 3 heteroatoms. The number of carbonyl (C=O) groups excluding carboxylic acids is 1. The van der Waals surface area contributed by atoms with E-state index in [0.29, 0.717) is 11.1 Å². The van der Waals surface area contributed by atoms with E-state index in [9.17, 15) is 9.90 Å². The van der Waals surface area contributed by atoms with Gasteiger partial charge in [-0.15, -0.1) is 0 Å². The first-order valence-corrected chi connectivity index (χ1v) is 6.75. The monoisotopic (exact) mass is 268 g/mol. The third-order valence-corrected chi connectivity index (χ3v) is 3.73. The number of aryl methyl sites for hydroxylation is 1. The van der Waals surface area contributed by atoms with Crippen LogP contribution in [-0.2, 0) is 6.42 Å². The smallest absolute Gasteiger partial charge is 0.196 e. The maximum Gasteiger partial charge on any atom is 0.196 e. The van der Waals surface area contributed by atoms with Crippen molar-refractivity contribution in [1.29, 1.82) is 0 Å². The number of Topliss-reactive ketones (excluding diaryl/α,β-unsaturated/α-hetero) is 1. The molecule has 1 atom stereocenters. The predicted molar refractivity (Wildman–Crippen MR) is 76.4 cm³/mol. The molecule has 0 aliphatic carbocycles. The number of hydrogen-bond donors (Lipinski definition) is 1. The molecule has 1 N–H and O–H groups in total. The van der Waals surface area contributed by atoms with E-state index in [1.165, 1.54) is 0 Å². The van der Waals surface area contributed by atoms with Gasteiger partial charge in [0.2, 0.25) is 0 Å². The first kappa shape index (κ1) is 12.9. The molecule has 0 fully saturated rings. The van der Waals surface area contributed by atoms with Gasteiger partial charge in [-0.05, 0) is 30.5 Å². The summed E-state index contributed by atoms with van der Waals surface area (Å²) in [6.45, 7) is 3.88. The molecule has 1 unspecified atom stereocenters. The Morgan fingerprint density at radius 2 is 1.95 bits per heavy atom. The van der Waals surface area contributed by atoms with Gasteiger partial charge in [-0.2, -0.15) is 0 Å². The normalized spacial score (nSPS) is 13.3. The Bertz CT molecular complexity index is 674. The second-order valence-corrected chi connectivity index (χ2v) is 5.00. The molecule has 0 saturated carbocycles. The van der Waals surface area contributed by atoms with E-state index in [0.717, 1.165) is 29.0 Å². The van der Waals surface area contributed by atoms with Crippen LogP contribution < -0.4 is 4.74 Å². The topological polar surface area (TPSA) is 49.8 Å². The van der Waals surface area contributed by atoms with Crippen molar-refractivity contribution in [2.75, 3.05) is 0 Å². The Labute approximate surface area is 117 Å². The minimum Gasteiger partial charge on any atom is -0.449 e. The largest absolute Gasteiger partial charge is 0.449 e. The SMILES string of the molecule is CCc1cc(C(=O)C(O)c2ccccc2)c(C)c2c1O2. The van der Waals surface area contributed by atoms with Crippen LogP contribution in [0, 0.1) is 6.92 Å². The molecule has 2 aromatic carbocycles. The van der Waals surface area contributed by atoms with Crippen molar-refractivity contribution in [3.63, 3.8) is 0 Å². The fourth-order valence-corrected chi connectivity index (χ4v) is 2.46. The molecule has 0 radical (unpaired) electrons. The first-order chi connectivity index (χ1) is 9.63. The van der Waals surface area contributed by atoms with Gasteiger partial charge in [0.05, 0.1) is 0 Å². The van der Waals surface area contributed by atoms with E-state index in [2.05, 4.69) is 0 Å². The number of aliphatic hydroxyl groups excluding tert-OH is 1. The molecule has 102 valence electrons. The zero-order valence-electron chi connectivity index (χ0n) is 11.5. The van der Waals surface area contributed by atoms with Gasteiger partial charge in [-0.3, -0.25) is 4.79 Å². The van der Waals surface area contributed by atoms with Crippen molar-refractivity contribution in [3.05, 3.63) is 58.7 Å². The molecule has 0 saturated heterocycles. The third-order valence-electron chi connectivity index (χ3n) is 3.73. The Balaban J connectivity index is 1.98. The van der Waals surface area contributed by atoms with Gasteiger partial charge in [0.1, 0.15) is 6.10 Å². The maximum absolute atomic E-state index is 12.5. The molecule has 3 rings (SSSR count). The summed E-state index contributed by atoms with van der Waals surface area (Å²) in [7, 11) is 0. The summed E-state index contributed by atoms with van der Waals surface area (Å²) in [6, 6.07) is 10.8. The average molecular weight is 268 g/mol. The minimum atomic E-state index is -1.13. The lowest BCUT2D eigenvalue weighted by Crippen LogP contribution is -2.13. The van der Waals surface area contributed by atoms with Gasteiger partial charge in [0.15, 0.2) is 17.3 Å². The molecular formula is C17H16O3. The summed E-state index contributed by atoms with van der Waals surface area (Å²) in [5.41, 5.74) is 3.00. The number of ether oxygens (including phenoxy) is 1. The summed E-state index contributed by atoms with van der Waals surface area (Å²) < 4.78 is 5.43. The maximum atomic E-state index is 12.5. The molecule has 0 aromatic heterocycles. The molecule has 1 aliphatic rings. The van der Waals surface area contributed by atoms with E-state index < -0.39 is 6.10 Å². The number of aliphatic hydroxyl groups is 1. The van der Waals surface area contributed by atoms with Crippen LogP contribution in [0.2, 0.25) is 0 Å². The van der Waals surface area contributed by atoms with E-state index >= 15 is 0 Å². The van der Waals surface area contributed by atoms with Gasteiger partial charge in [-0.1, -0.05) is 37.3 Å². The molecule has 1 aliphatic heterocycles. The number of carbonyl (C=O) groups is 1. The second kappa shape index (κ2) is 4.76. The number of rotatable bonds is 4. The van der Waals surface area contributed by atoms with Crippen molar-refractivity contribution in [3.8, 4) is 11.5 Å². The second-order valence-electron chi connectivity index (χ2n) is 5.00. The van der Waals surface area contributed by atoms with Crippen LogP contribution in [0.25, 0.3) is 0 Å². The Hall–Kier alpha value is -2.13. The quantitative estimate of drug-likeness (QED) is 0.581. The number of ketones is 1. The standard InChI is InChI=1S/C17H16O3/c1-3-11-9-13(10(2)16-17(11)20-16)15(19)14(18)12-7-5-4-6-8-12/h4-9,14,18H,3H2,1-2H3. The van der Waals surface area contributed by atoms with E-state index in [4.69, 9.17) is 4.74 Å². The summed E-state index contributed by atoms with van der Waals surface area (Å²) in [4.78, 5) is 12.5. The van der Waals surface area contributed by atoms with Crippen LogP contribution in [0.3, 0.4) is 0 Å². The lowest BCUT2D eigenvalue weighted by atomic mass is 9.95. The van der Waals surface area contributed by atoms with Gasteiger partial charge >= 0.3 is 0 Å². The highest BCUT2D eigenvalue weighted by Gasteiger charge is 2.32. The zero-order chi connectivity index (χ0) is 14.3. The highest BCUT2D eigenvalue weighted by Crippen LogP contribution is 2.52. The van der Waals surface area contributed by atoms with Crippen molar-refractivity contribution < 1.29 is 14.6 Å². The lowest BCUT2D eigenvalue weighted by molar-refractivity contribution is 0.0746. The number of hydrogen-bond acceptors (Lipinski definition) is 3. The van der Waals surface area contributed by atoms with Gasteiger partial charge in [0, 0.05) is 11.1 Å². The van der Waals surface area contributed by atoms with Crippen molar-refractivity contribution >= 4 is 5.78 Å². The molecule has 0 amide bonds. The van der Waals surface area contributed by atoms with Crippen molar-refractivity contribution in [2.24, 2.45) is 0 Å². The third kappa shape index (κ3) is 2.00. The lowest BCUT2D eigenvalue weighted by Gasteiger charge is -2.11. The molecule has 2 aromatic rings. The summed E-state index contributed by atoms with van der Waals surface area (Å²) in [6.07, 6.45) is -0.318. The molecular weight excluding hydrogens is 252 g/mol. The highest BCUT2D eigenvalue weighted by atomic mass is 16.6. The molecule has 0 bridgehead atoms. The average Bonchev–Trinajstić information content (AvgIpc) is 3.28. The summed E-state index contributed by atoms with van der Waals surface area (Å²) in [5, 5.41) is 10.2. The summed E-state index contributed by atoms with van der Waals surface area (Å²) >= 11 is 0. The zero-order valence-corrected chi connectivity index (χ0v) is 11.5. The van der Waals surface area contributed by atoms with Crippen LogP contribution >= 0.6 is 0 Å². The molecule has 20 heavy (non-hydrogen) atoms. The summed E-state index contributed by atoms with van der Waals surface area (Å²) in [5.74, 6) is 1.42. The van der Waals surface area contributed by atoms with Crippen LogP contribution in [0.4, 0.5) is 0 Å². The Kier molecular flexibility index (Phi) is 3.07. The Morgan fingerprint density at radius 3 is 2.60 bits per heavy atom. The van der Waals surface area contributed by atoms with Crippen molar-refractivity contribution in [2.45, 2.75) is 26.4 Å². The van der Waals surface area contributed by atoms with Crippen LogP contribution in [0.15, 0.2) is 36.4 Å². The van der Waals surface area contributed by atoms with E-state index in [1.807, 2.05) is 38.1 Å². The van der Waals surface area contributed by atoms with E-state index in [1.54, 1.807) is 12.1 Å². The van der Waals surface area contributed by atoms with Gasteiger partial charge in [0.25, 0.3) is 0 Å². The number of fused-ring (bicyclic) bond motifs is 1.